The Bertz CT molecular complexity index is 1050. The van der Waals surface area contributed by atoms with E-state index in [0.717, 1.165) is 11.1 Å². The third-order valence-corrected chi connectivity index (χ3v) is 5.79. The number of aryl methyl sites for hydroxylation is 3. The summed E-state index contributed by atoms with van der Waals surface area (Å²) in [5.41, 5.74) is 3.06. The second-order valence-electron chi connectivity index (χ2n) is 6.29. The molecule has 0 aliphatic carbocycles. The van der Waals surface area contributed by atoms with Gasteiger partial charge in [-0.2, -0.15) is 0 Å². The predicted molar refractivity (Wildman–Crippen MR) is 101 cm³/mol. The molecule has 8 heteroatoms. The van der Waals surface area contributed by atoms with Crippen LogP contribution in [0.25, 0.3) is 11.5 Å². The highest BCUT2D eigenvalue weighted by Crippen LogP contribution is 2.26. The fraction of sp³-hybridized carbons (Fsp3) is 0.263. The Morgan fingerprint density at radius 2 is 1.78 bits per heavy atom. The van der Waals surface area contributed by atoms with Crippen LogP contribution in [0, 0.1) is 20.8 Å². The Kier molecular flexibility index (Phi) is 5.29. The second kappa shape index (κ2) is 7.50. The summed E-state index contributed by atoms with van der Waals surface area (Å²) in [5.74, 6) is 1.16. The largest absolute Gasteiger partial charge is 0.497 e. The molecule has 7 nitrogen and oxygen atoms in total. The molecule has 0 saturated heterocycles. The summed E-state index contributed by atoms with van der Waals surface area (Å²) in [6, 6.07) is 11.0. The molecule has 0 aliphatic rings. The Hall–Kier alpha value is -2.71. The van der Waals surface area contributed by atoms with Crippen molar-refractivity contribution in [2.75, 3.05) is 7.11 Å². The Balaban J connectivity index is 1.79. The van der Waals surface area contributed by atoms with Gasteiger partial charge in [0, 0.05) is 5.56 Å². The average Bonchev–Trinajstić information content (AvgIpc) is 3.08. The average molecular weight is 387 g/mol. The van der Waals surface area contributed by atoms with Gasteiger partial charge in [-0.3, -0.25) is 0 Å². The van der Waals surface area contributed by atoms with Crippen LogP contribution in [0.1, 0.15) is 22.6 Å². The molecule has 0 amide bonds. The van der Waals surface area contributed by atoms with Gasteiger partial charge in [0.15, 0.2) is 0 Å². The van der Waals surface area contributed by atoms with Gasteiger partial charge < -0.3 is 9.15 Å². The summed E-state index contributed by atoms with van der Waals surface area (Å²) in [5, 5.41) is 7.92. The number of aromatic nitrogens is 2. The van der Waals surface area contributed by atoms with Gasteiger partial charge in [-0.15, -0.1) is 10.2 Å². The minimum Gasteiger partial charge on any atom is -0.497 e. The van der Waals surface area contributed by atoms with Crippen molar-refractivity contribution < 1.29 is 17.6 Å². The zero-order valence-corrected chi connectivity index (χ0v) is 16.4. The molecule has 142 valence electrons. The van der Waals surface area contributed by atoms with Crippen LogP contribution in [0.3, 0.4) is 0 Å². The molecule has 27 heavy (non-hydrogen) atoms. The van der Waals surface area contributed by atoms with Crippen molar-refractivity contribution in [3.63, 3.8) is 0 Å². The molecule has 1 aromatic heterocycles. The third-order valence-electron chi connectivity index (χ3n) is 4.08. The van der Waals surface area contributed by atoms with E-state index in [1.165, 1.54) is 0 Å². The van der Waals surface area contributed by atoms with Crippen LogP contribution < -0.4 is 9.46 Å². The van der Waals surface area contributed by atoms with E-state index in [9.17, 15) is 8.42 Å². The molecule has 2 aromatic carbocycles. The summed E-state index contributed by atoms with van der Waals surface area (Å²) >= 11 is 0. The van der Waals surface area contributed by atoms with E-state index in [2.05, 4.69) is 14.9 Å². The first-order chi connectivity index (χ1) is 12.8. The molecular weight excluding hydrogens is 366 g/mol. The van der Waals surface area contributed by atoms with Gasteiger partial charge in [0.25, 0.3) is 0 Å². The van der Waals surface area contributed by atoms with Crippen molar-refractivity contribution in [2.45, 2.75) is 32.2 Å². The lowest BCUT2D eigenvalue weighted by molar-refractivity contribution is 0.413. The zero-order chi connectivity index (χ0) is 19.6. The van der Waals surface area contributed by atoms with Crippen LogP contribution in [0.5, 0.6) is 5.75 Å². The first-order valence-electron chi connectivity index (χ1n) is 8.34. The molecule has 3 rings (SSSR count). The predicted octanol–water partition coefficient (Wildman–Crippen LogP) is 3.15. The number of nitrogens with one attached hydrogen (secondary N) is 1. The van der Waals surface area contributed by atoms with Crippen molar-refractivity contribution in [3.05, 3.63) is 59.0 Å². The number of ether oxygens (including phenoxy) is 1. The molecule has 1 N–H and O–H groups in total. The molecule has 0 bridgehead atoms. The maximum Gasteiger partial charge on any atom is 0.247 e. The highest BCUT2D eigenvalue weighted by Gasteiger charge is 2.21. The number of nitrogens with zero attached hydrogens (tertiary/aromatic N) is 2. The van der Waals surface area contributed by atoms with Crippen molar-refractivity contribution in [1.29, 1.82) is 0 Å². The molecule has 0 atom stereocenters. The summed E-state index contributed by atoms with van der Waals surface area (Å²) in [6.45, 7) is 5.33. The highest BCUT2D eigenvalue weighted by molar-refractivity contribution is 7.89. The van der Waals surface area contributed by atoms with Crippen molar-refractivity contribution in [3.8, 4) is 17.2 Å². The van der Waals surface area contributed by atoms with Gasteiger partial charge in [-0.05, 0) is 56.2 Å². The Morgan fingerprint density at radius 3 is 2.41 bits per heavy atom. The number of methoxy groups -OCH3 is 1. The number of benzene rings is 2. The normalized spacial score (nSPS) is 11.6. The molecule has 0 aliphatic heterocycles. The van der Waals surface area contributed by atoms with Gasteiger partial charge in [0.2, 0.25) is 21.8 Å². The van der Waals surface area contributed by atoms with E-state index < -0.39 is 10.0 Å². The van der Waals surface area contributed by atoms with E-state index in [-0.39, 0.29) is 17.3 Å². The molecule has 0 saturated carbocycles. The molecule has 0 radical (unpaired) electrons. The van der Waals surface area contributed by atoms with Crippen molar-refractivity contribution >= 4 is 10.0 Å². The van der Waals surface area contributed by atoms with Crippen LogP contribution in [0.15, 0.2) is 45.7 Å². The summed E-state index contributed by atoms with van der Waals surface area (Å²) < 4.78 is 38.7. The fourth-order valence-electron chi connectivity index (χ4n) is 2.90. The third kappa shape index (κ3) is 4.17. The van der Waals surface area contributed by atoms with Gasteiger partial charge in [0.05, 0.1) is 18.6 Å². The lowest BCUT2D eigenvalue weighted by Crippen LogP contribution is -2.25. The molecular formula is C19H21N3O4S. The lowest BCUT2D eigenvalue weighted by Gasteiger charge is -2.13. The van der Waals surface area contributed by atoms with E-state index in [1.807, 2.05) is 31.2 Å². The highest BCUT2D eigenvalue weighted by atomic mass is 32.2. The van der Waals surface area contributed by atoms with Gasteiger partial charge in [0.1, 0.15) is 5.75 Å². The summed E-state index contributed by atoms with van der Waals surface area (Å²) in [7, 11) is -2.20. The van der Waals surface area contributed by atoms with Crippen molar-refractivity contribution in [2.24, 2.45) is 0 Å². The van der Waals surface area contributed by atoms with E-state index in [0.29, 0.717) is 22.8 Å². The maximum absolute atomic E-state index is 12.7. The van der Waals surface area contributed by atoms with E-state index >= 15 is 0 Å². The van der Waals surface area contributed by atoms with Crippen molar-refractivity contribution in [1.82, 2.24) is 14.9 Å². The van der Waals surface area contributed by atoms with Crippen LogP contribution in [-0.2, 0) is 16.6 Å². The van der Waals surface area contributed by atoms with Crippen LogP contribution in [0.4, 0.5) is 0 Å². The summed E-state index contributed by atoms with van der Waals surface area (Å²) in [4.78, 5) is 0.224. The van der Waals surface area contributed by atoms with E-state index in [1.54, 1.807) is 33.1 Å². The minimum absolute atomic E-state index is 0.0912. The SMILES string of the molecule is COc1cc(C)c(S(=O)(=O)NCc2nnc(-c3cccc(C)c3)o2)c(C)c1. The number of sulfonamides is 1. The molecule has 0 fully saturated rings. The zero-order valence-electron chi connectivity index (χ0n) is 15.6. The first kappa shape index (κ1) is 19.1. The van der Waals surface area contributed by atoms with Crippen LogP contribution in [0.2, 0.25) is 0 Å². The van der Waals surface area contributed by atoms with Gasteiger partial charge >= 0.3 is 0 Å². The maximum atomic E-state index is 12.7. The Labute approximate surface area is 158 Å². The fourth-order valence-corrected chi connectivity index (χ4v) is 4.32. The van der Waals surface area contributed by atoms with Gasteiger partial charge in [-0.1, -0.05) is 17.7 Å². The molecule has 0 spiro atoms. The minimum atomic E-state index is -3.74. The topological polar surface area (TPSA) is 94.3 Å². The number of rotatable bonds is 6. The van der Waals surface area contributed by atoms with Crippen LogP contribution in [-0.4, -0.2) is 25.7 Å². The molecule has 1 heterocycles. The molecule has 3 aromatic rings. The monoisotopic (exact) mass is 387 g/mol. The van der Waals surface area contributed by atoms with Gasteiger partial charge in [-0.25, -0.2) is 13.1 Å². The van der Waals surface area contributed by atoms with E-state index in [4.69, 9.17) is 9.15 Å². The standard InChI is InChI=1S/C19H21N3O4S/c1-12-6-5-7-15(8-12)19-22-21-17(26-19)11-20-27(23,24)18-13(2)9-16(25-4)10-14(18)3/h5-10,20H,11H2,1-4H3. The summed E-state index contributed by atoms with van der Waals surface area (Å²) in [6.07, 6.45) is 0. The Morgan fingerprint density at radius 1 is 1.07 bits per heavy atom. The molecule has 0 unspecified atom stereocenters. The first-order valence-corrected chi connectivity index (χ1v) is 9.83. The van der Waals surface area contributed by atoms with Crippen LogP contribution >= 0.6 is 0 Å². The second-order valence-corrected chi connectivity index (χ2v) is 7.99. The lowest BCUT2D eigenvalue weighted by atomic mass is 10.1. The smallest absolute Gasteiger partial charge is 0.247 e. The number of hydrogen-bond acceptors (Lipinski definition) is 6. The number of hydrogen-bond donors (Lipinski definition) is 1. The quantitative estimate of drug-likeness (QED) is 0.698.